The van der Waals surface area contributed by atoms with E-state index in [1.165, 1.54) is 35.7 Å². The summed E-state index contributed by atoms with van der Waals surface area (Å²) >= 11 is 1.30. The van der Waals surface area contributed by atoms with Gasteiger partial charge in [0, 0.05) is 12.6 Å². The van der Waals surface area contributed by atoms with Gasteiger partial charge < -0.3 is 14.4 Å². The molecular weight excluding hydrogens is 483 g/mol. The fourth-order valence-electron chi connectivity index (χ4n) is 4.48. The molecule has 4 heterocycles. The summed E-state index contributed by atoms with van der Waals surface area (Å²) in [6.45, 7) is 4.03. The van der Waals surface area contributed by atoms with Crippen LogP contribution in [-0.2, 0) is 11.8 Å². The highest BCUT2D eigenvalue weighted by Crippen LogP contribution is 2.53. The number of thiazole rings is 1. The van der Waals surface area contributed by atoms with Crippen LogP contribution < -0.4 is 19.3 Å². The van der Waals surface area contributed by atoms with Crippen molar-refractivity contribution in [3.05, 3.63) is 40.5 Å². The van der Waals surface area contributed by atoms with Crippen LogP contribution >= 0.6 is 11.3 Å². The standard InChI is InChI=1S/C23H22F3N5O3S/c1-5-22(6-2)17-16(13-8-7-12(23(24,25)26)9-14(13)34-22)29-21(35-17)31-11-30(3)18-15(20(31)32)19(33-4)28-10-27-18/h7-10H,5-6,11H2,1-4H3. The number of aromatic nitrogens is 3. The van der Waals surface area contributed by atoms with Crippen LogP contribution in [0.2, 0.25) is 0 Å². The van der Waals surface area contributed by atoms with Gasteiger partial charge >= 0.3 is 6.18 Å². The molecule has 0 saturated heterocycles. The molecule has 12 heteroatoms. The topological polar surface area (TPSA) is 80.7 Å². The molecule has 1 aromatic carbocycles. The van der Waals surface area contributed by atoms with Gasteiger partial charge in [-0.25, -0.2) is 15.0 Å². The summed E-state index contributed by atoms with van der Waals surface area (Å²) in [5, 5.41) is 0.408. The Morgan fingerprint density at radius 3 is 2.63 bits per heavy atom. The van der Waals surface area contributed by atoms with E-state index in [1.807, 2.05) is 13.8 Å². The van der Waals surface area contributed by atoms with E-state index in [2.05, 4.69) is 9.97 Å². The van der Waals surface area contributed by atoms with Gasteiger partial charge in [0.2, 0.25) is 5.88 Å². The number of nitrogens with zero attached hydrogens (tertiary/aromatic N) is 5. The number of amides is 1. The smallest absolute Gasteiger partial charge is 0.416 e. The van der Waals surface area contributed by atoms with Crippen LogP contribution in [0.15, 0.2) is 24.5 Å². The van der Waals surface area contributed by atoms with Crippen LogP contribution in [0.5, 0.6) is 11.6 Å². The van der Waals surface area contributed by atoms with Gasteiger partial charge in [0.25, 0.3) is 5.91 Å². The lowest BCUT2D eigenvalue weighted by Gasteiger charge is -2.36. The molecule has 5 rings (SSSR count). The van der Waals surface area contributed by atoms with E-state index in [1.54, 1.807) is 11.9 Å². The highest BCUT2D eigenvalue weighted by molar-refractivity contribution is 7.16. The minimum absolute atomic E-state index is 0.135. The molecule has 1 amide bonds. The zero-order chi connectivity index (χ0) is 25.1. The quantitative estimate of drug-likeness (QED) is 0.489. The van der Waals surface area contributed by atoms with Crippen molar-refractivity contribution in [1.82, 2.24) is 15.0 Å². The summed E-state index contributed by atoms with van der Waals surface area (Å²) in [5.41, 5.74) is -0.423. The Labute approximate surface area is 203 Å². The number of rotatable bonds is 4. The van der Waals surface area contributed by atoms with Crippen LogP contribution in [0.25, 0.3) is 11.3 Å². The van der Waals surface area contributed by atoms with Crippen molar-refractivity contribution in [1.29, 1.82) is 0 Å². The number of halogens is 3. The first-order valence-electron chi connectivity index (χ1n) is 11.0. The monoisotopic (exact) mass is 505 g/mol. The van der Waals surface area contributed by atoms with Crippen molar-refractivity contribution in [3.63, 3.8) is 0 Å². The first-order chi connectivity index (χ1) is 16.6. The summed E-state index contributed by atoms with van der Waals surface area (Å²) in [6, 6.07) is 3.43. The minimum Gasteiger partial charge on any atom is -0.481 e. The van der Waals surface area contributed by atoms with Crippen LogP contribution in [0.1, 0.15) is 47.5 Å². The van der Waals surface area contributed by atoms with Crippen LogP contribution in [-0.4, -0.2) is 41.7 Å². The number of fused-ring (bicyclic) bond motifs is 4. The Kier molecular flexibility index (Phi) is 5.38. The van der Waals surface area contributed by atoms with Crippen LogP contribution in [0, 0.1) is 0 Å². The zero-order valence-corrected chi connectivity index (χ0v) is 20.3. The zero-order valence-electron chi connectivity index (χ0n) is 19.4. The molecule has 184 valence electrons. The van der Waals surface area contributed by atoms with E-state index < -0.39 is 17.3 Å². The van der Waals surface area contributed by atoms with Crippen LogP contribution in [0.3, 0.4) is 0 Å². The number of benzene rings is 1. The Balaban J connectivity index is 1.65. The molecule has 0 atom stereocenters. The number of methoxy groups -OCH3 is 1. The van der Waals surface area contributed by atoms with Gasteiger partial charge in [-0.3, -0.25) is 9.69 Å². The second-order valence-corrected chi connectivity index (χ2v) is 9.32. The SMILES string of the molecule is CCC1(CC)Oc2cc(C(F)(F)F)ccc2-c2nc(N3CN(C)c4ncnc(OC)c4C3=O)sc21. The predicted molar refractivity (Wildman–Crippen MR) is 124 cm³/mol. The Bertz CT molecular complexity index is 1320. The summed E-state index contributed by atoms with van der Waals surface area (Å²) in [7, 11) is 3.22. The van der Waals surface area contributed by atoms with E-state index in [4.69, 9.17) is 14.5 Å². The second kappa shape index (κ2) is 8.08. The molecule has 0 radical (unpaired) electrons. The molecule has 3 aromatic rings. The molecule has 0 fully saturated rings. The van der Waals surface area contributed by atoms with Crippen molar-refractivity contribution in [2.24, 2.45) is 0 Å². The fourth-order valence-corrected chi connectivity index (χ4v) is 5.82. The van der Waals surface area contributed by atoms with Gasteiger partial charge in [-0.2, -0.15) is 13.2 Å². The van der Waals surface area contributed by atoms with Crippen molar-refractivity contribution in [2.75, 3.05) is 30.6 Å². The molecule has 2 aliphatic heterocycles. The third-order valence-corrected chi connectivity index (χ3v) is 7.70. The molecule has 0 saturated carbocycles. The maximum Gasteiger partial charge on any atom is 0.416 e. The van der Waals surface area contributed by atoms with Crippen molar-refractivity contribution in [2.45, 2.75) is 38.5 Å². The van der Waals surface area contributed by atoms with Gasteiger partial charge in [0.15, 0.2) is 5.13 Å². The lowest BCUT2D eigenvalue weighted by atomic mass is 9.89. The number of hydrogen-bond acceptors (Lipinski definition) is 8. The van der Waals surface area contributed by atoms with Gasteiger partial charge in [-0.15, -0.1) is 0 Å². The van der Waals surface area contributed by atoms with Crippen molar-refractivity contribution in [3.8, 4) is 22.9 Å². The third-order valence-electron chi connectivity index (χ3n) is 6.43. The van der Waals surface area contributed by atoms with E-state index in [9.17, 15) is 18.0 Å². The molecule has 0 spiro atoms. The van der Waals surface area contributed by atoms with E-state index in [0.29, 0.717) is 35.0 Å². The number of alkyl halides is 3. The van der Waals surface area contributed by atoms with Gasteiger partial charge in [0.05, 0.1) is 23.2 Å². The van der Waals surface area contributed by atoms with Crippen molar-refractivity contribution >= 4 is 28.2 Å². The van der Waals surface area contributed by atoms with Crippen molar-refractivity contribution < 1.29 is 27.4 Å². The highest BCUT2D eigenvalue weighted by Gasteiger charge is 2.44. The molecule has 0 unspecified atom stereocenters. The summed E-state index contributed by atoms with van der Waals surface area (Å²) in [5.74, 6) is 0.371. The third kappa shape index (κ3) is 3.49. The average molecular weight is 506 g/mol. The molecule has 2 aliphatic rings. The highest BCUT2D eigenvalue weighted by atomic mass is 32.1. The summed E-state index contributed by atoms with van der Waals surface area (Å²) in [4.78, 5) is 30.6. The van der Waals surface area contributed by atoms with Crippen LogP contribution in [0.4, 0.5) is 24.1 Å². The number of carbonyl (C=O) groups is 1. The second-order valence-electron chi connectivity index (χ2n) is 8.34. The largest absolute Gasteiger partial charge is 0.481 e. The fraction of sp³-hybridized carbons (Fsp3) is 0.391. The molecule has 8 nitrogen and oxygen atoms in total. The van der Waals surface area contributed by atoms with E-state index >= 15 is 0 Å². The molecule has 0 N–H and O–H groups in total. The molecule has 0 bridgehead atoms. The maximum absolute atomic E-state index is 13.5. The summed E-state index contributed by atoms with van der Waals surface area (Å²) < 4.78 is 51.7. The predicted octanol–water partition coefficient (Wildman–Crippen LogP) is 5.09. The van der Waals surface area contributed by atoms with Gasteiger partial charge in [-0.05, 0) is 31.0 Å². The lowest BCUT2D eigenvalue weighted by molar-refractivity contribution is -0.137. The molecule has 2 aromatic heterocycles. The first kappa shape index (κ1) is 23.3. The number of ether oxygens (including phenoxy) is 2. The normalized spacial score (nSPS) is 16.4. The maximum atomic E-state index is 13.5. The minimum atomic E-state index is -4.49. The summed E-state index contributed by atoms with van der Waals surface area (Å²) in [6.07, 6.45) is -2.12. The Hall–Kier alpha value is -3.41. The number of hydrogen-bond donors (Lipinski definition) is 0. The molecule has 0 aliphatic carbocycles. The molecule has 35 heavy (non-hydrogen) atoms. The average Bonchev–Trinajstić information content (AvgIpc) is 3.30. The number of carbonyl (C=O) groups excluding carboxylic acids is 1. The van der Waals surface area contributed by atoms with E-state index in [-0.39, 0.29) is 29.8 Å². The van der Waals surface area contributed by atoms with Gasteiger partial charge in [0.1, 0.15) is 35.7 Å². The Morgan fingerprint density at radius 1 is 1.23 bits per heavy atom. The first-order valence-corrected chi connectivity index (χ1v) is 11.8. The number of anilines is 2. The lowest BCUT2D eigenvalue weighted by Crippen LogP contribution is -2.46. The van der Waals surface area contributed by atoms with E-state index in [0.717, 1.165) is 17.0 Å². The van der Waals surface area contributed by atoms with Gasteiger partial charge in [-0.1, -0.05) is 25.2 Å². The molecular formula is C23H22F3N5O3S. The Morgan fingerprint density at radius 2 is 1.97 bits per heavy atom.